The van der Waals surface area contributed by atoms with E-state index in [-0.39, 0.29) is 5.41 Å². The molecule has 3 heteroatoms. The van der Waals surface area contributed by atoms with Crippen LogP contribution in [0.3, 0.4) is 0 Å². The monoisotopic (exact) mass is 720 g/mol. The second-order valence-corrected chi connectivity index (χ2v) is 14.9. The number of fused-ring (bicyclic) bond motifs is 9. The van der Waals surface area contributed by atoms with Gasteiger partial charge in [0.15, 0.2) is 11.3 Å². The number of benzene rings is 8. The van der Waals surface area contributed by atoms with Crippen LogP contribution in [0.2, 0.25) is 0 Å². The van der Waals surface area contributed by atoms with E-state index in [1.807, 2.05) is 6.07 Å². The maximum Gasteiger partial charge on any atom is 0.187 e. The molecule has 56 heavy (non-hydrogen) atoms. The van der Waals surface area contributed by atoms with Crippen LogP contribution in [0.4, 0.5) is 22.7 Å². The van der Waals surface area contributed by atoms with Gasteiger partial charge < -0.3 is 9.64 Å². The third kappa shape index (κ3) is 4.89. The Hall–Kier alpha value is -6.89. The summed E-state index contributed by atoms with van der Waals surface area (Å²) in [4.78, 5) is 6.20. The van der Waals surface area contributed by atoms with E-state index < -0.39 is 5.60 Å². The van der Waals surface area contributed by atoms with E-state index >= 15 is 0 Å². The van der Waals surface area contributed by atoms with Crippen molar-refractivity contribution in [3.8, 4) is 16.9 Å². The van der Waals surface area contributed by atoms with Crippen molar-refractivity contribution in [3.05, 3.63) is 215 Å². The first-order valence-electron chi connectivity index (χ1n) is 19.6. The molecule has 1 atom stereocenters. The summed E-state index contributed by atoms with van der Waals surface area (Å²) < 4.78 is 7.63. The van der Waals surface area contributed by atoms with Crippen LogP contribution in [0.5, 0.6) is 5.75 Å². The number of ether oxygens (including phenoxy) is 1. The first kappa shape index (κ1) is 33.7. The van der Waals surface area contributed by atoms with Crippen molar-refractivity contribution >= 4 is 50.4 Å². The molecule has 8 aromatic rings. The molecule has 268 valence electrons. The molecule has 8 aromatic carbocycles. The molecule has 1 heterocycles. The number of para-hydroxylation sites is 1. The minimum absolute atomic E-state index is 0.246. The fourth-order valence-electron chi connectivity index (χ4n) is 9.63. The average Bonchev–Trinajstić information content (AvgIpc) is 3.57. The lowest BCUT2D eigenvalue weighted by Gasteiger charge is -2.39. The molecule has 0 bridgehead atoms. The zero-order valence-corrected chi connectivity index (χ0v) is 31.5. The summed E-state index contributed by atoms with van der Waals surface area (Å²) in [5.41, 5.74) is 11.2. The van der Waals surface area contributed by atoms with Crippen molar-refractivity contribution in [1.82, 2.24) is 0 Å². The minimum Gasteiger partial charge on any atom is -0.472 e. The quantitative estimate of drug-likeness (QED) is 0.153. The zero-order chi connectivity index (χ0) is 37.9. The highest BCUT2D eigenvalue weighted by Crippen LogP contribution is 2.60. The Labute approximate surface area is 328 Å². The standard InChI is InChI=1S/C53H40N2O/c1-4-52(5-2)47-35-39(54-3)29-32-45(47)49-43-24-14-15-25-44(43)51-46(50(49)52)33-34-53(56-51,37-19-8-6-9-20-37)38-27-30-41(31-28-38)55(40-21-10-7-11-22-40)48-26-16-18-36-17-12-13-23-42(36)48/h6-35H,4-5H2,1-2H3. The summed E-state index contributed by atoms with van der Waals surface area (Å²) in [5, 5.41) is 4.68. The van der Waals surface area contributed by atoms with Crippen molar-refractivity contribution in [1.29, 1.82) is 0 Å². The lowest BCUT2D eigenvalue weighted by atomic mass is 9.71. The Morgan fingerprint density at radius 3 is 1.96 bits per heavy atom. The van der Waals surface area contributed by atoms with Gasteiger partial charge in [0.25, 0.3) is 0 Å². The molecule has 3 nitrogen and oxygen atoms in total. The van der Waals surface area contributed by atoms with Gasteiger partial charge >= 0.3 is 0 Å². The molecule has 0 N–H and O–H groups in total. The first-order valence-corrected chi connectivity index (χ1v) is 19.6. The van der Waals surface area contributed by atoms with Crippen molar-refractivity contribution in [3.63, 3.8) is 0 Å². The lowest BCUT2D eigenvalue weighted by Crippen LogP contribution is -2.35. The van der Waals surface area contributed by atoms with E-state index in [0.717, 1.165) is 57.7 Å². The topological polar surface area (TPSA) is 16.8 Å². The fourth-order valence-corrected chi connectivity index (χ4v) is 9.63. The molecule has 0 amide bonds. The van der Waals surface area contributed by atoms with Gasteiger partial charge in [-0.2, -0.15) is 0 Å². The number of hydrogen-bond donors (Lipinski definition) is 0. The number of anilines is 3. The number of hydrogen-bond acceptors (Lipinski definition) is 2. The van der Waals surface area contributed by atoms with E-state index in [9.17, 15) is 0 Å². The lowest BCUT2D eigenvalue weighted by molar-refractivity contribution is 0.163. The Morgan fingerprint density at radius 1 is 0.607 bits per heavy atom. The Bertz CT molecular complexity index is 2860. The van der Waals surface area contributed by atoms with Gasteiger partial charge in [-0.25, -0.2) is 4.85 Å². The Balaban J connectivity index is 1.17. The number of nitrogens with zero attached hydrogens (tertiary/aromatic N) is 2. The van der Waals surface area contributed by atoms with Gasteiger partial charge in [-0.3, -0.25) is 0 Å². The Kier molecular flexibility index (Phi) is 7.90. The molecule has 0 saturated heterocycles. The first-order chi connectivity index (χ1) is 27.6. The van der Waals surface area contributed by atoms with E-state index in [2.05, 4.69) is 200 Å². The van der Waals surface area contributed by atoms with E-state index in [1.165, 1.54) is 38.4 Å². The summed E-state index contributed by atoms with van der Waals surface area (Å²) in [5.74, 6) is 0.904. The van der Waals surface area contributed by atoms with Crippen LogP contribution in [-0.4, -0.2) is 0 Å². The molecule has 0 spiro atoms. The maximum atomic E-state index is 7.85. The van der Waals surface area contributed by atoms with E-state index in [0.29, 0.717) is 5.69 Å². The highest BCUT2D eigenvalue weighted by Gasteiger charge is 2.46. The van der Waals surface area contributed by atoms with Crippen LogP contribution in [0.1, 0.15) is 54.5 Å². The second-order valence-electron chi connectivity index (χ2n) is 14.9. The molecule has 0 fully saturated rings. The van der Waals surface area contributed by atoms with Crippen molar-refractivity contribution in [2.75, 3.05) is 4.90 Å². The van der Waals surface area contributed by atoms with Gasteiger partial charge in [-0.05, 0) is 82.3 Å². The van der Waals surface area contributed by atoms with Crippen molar-refractivity contribution < 1.29 is 4.74 Å². The highest BCUT2D eigenvalue weighted by atomic mass is 16.5. The SMILES string of the molecule is [C-]#[N+]c1ccc2c(c1)C(CC)(CC)c1c3c(c4ccccc4c1-2)OC(c1ccccc1)(c1ccc(N(c2ccccc2)c2cccc4ccccc24)cc1)C=C3. The predicted octanol–water partition coefficient (Wildman–Crippen LogP) is 14.4. The van der Waals surface area contributed by atoms with Crippen LogP contribution in [0.15, 0.2) is 176 Å². The van der Waals surface area contributed by atoms with Crippen LogP contribution in [0, 0.1) is 6.57 Å². The van der Waals surface area contributed by atoms with Gasteiger partial charge in [0.1, 0.15) is 5.75 Å². The van der Waals surface area contributed by atoms with Crippen molar-refractivity contribution in [2.45, 2.75) is 37.7 Å². The molecule has 0 radical (unpaired) electrons. The second kappa shape index (κ2) is 13.1. The molecular formula is C53H40N2O. The molecule has 0 aromatic heterocycles. The van der Waals surface area contributed by atoms with Crippen LogP contribution >= 0.6 is 0 Å². The van der Waals surface area contributed by atoms with Crippen LogP contribution in [-0.2, 0) is 11.0 Å². The molecular weight excluding hydrogens is 681 g/mol. The van der Waals surface area contributed by atoms with E-state index in [4.69, 9.17) is 11.3 Å². The van der Waals surface area contributed by atoms with Crippen molar-refractivity contribution in [2.24, 2.45) is 0 Å². The predicted molar refractivity (Wildman–Crippen MR) is 233 cm³/mol. The summed E-state index contributed by atoms with van der Waals surface area (Å²) in [6.45, 7) is 12.4. The van der Waals surface area contributed by atoms with Gasteiger partial charge in [-0.15, -0.1) is 0 Å². The van der Waals surface area contributed by atoms with E-state index in [1.54, 1.807) is 0 Å². The third-order valence-electron chi connectivity index (χ3n) is 12.3. The van der Waals surface area contributed by atoms with Gasteiger partial charge in [0, 0.05) is 44.3 Å². The summed E-state index contributed by atoms with van der Waals surface area (Å²) in [7, 11) is 0. The van der Waals surface area contributed by atoms with Crippen LogP contribution < -0.4 is 9.64 Å². The summed E-state index contributed by atoms with van der Waals surface area (Å²) >= 11 is 0. The molecule has 1 unspecified atom stereocenters. The molecule has 0 saturated carbocycles. The molecule has 1 aliphatic carbocycles. The minimum atomic E-state index is -0.884. The normalized spacial score (nSPS) is 16.1. The summed E-state index contributed by atoms with van der Waals surface area (Å²) in [6.07, 6.45) is 6.45. The summed E-state index contributed by atoms with van der Waals surface area (Å²) in [6, 6.07) is 60.2. The maximum absolute atomic E-state index is 7.85. The molecule has 1 aliphatic heterocycles. The largest absolute Gasteiger partial charge is 0.472 e. The van der Waals surface area contributed by atoms with Crippen LogP contribution in [0.25, 0.3) is 43.6 Å². The Morgan fingerprint density at radius 2 is 1.23 bits per heavy atom. The van der Waals surface area contributed by atoms with Gasteiger partial charge in [0.05, 0.1) is 12.3 Å². The zero-order valence-electron chi connectivity index (χ0n) is 31.5. The smallest absolute Gasteiger partial charge is 0.187 e. The number of rotatable bonds is 7. The molecule has 10 rings (SSSR count). The van der Waals surface area contributed by atoms with Gasteiger partial charge in [0.2, 0.25) is 0 Å². The average molecular weight is 721 g/mol. The third-order valence-corrected chi connectivity index (χ3v) is 12.3. The molecule has 2 aliphatic rings. The van der Waals surface area contributed by atoms with Gasteiger partial charge in [-0.1, -0.05) is 159 Å². The highest BCUT2D eigenvalue weighted by molar-refractivity contribution is 6.09. The fraction of sp³-hybridized carbons (Fsp3) is 0.113.